The molecule has 13 heavy (non-hydrogen) atoms. The first-order valence-corrected chi connectivity index (χ1v) is 3.74. The molecule has 0 rings (SSSR count). The molecule has 0 aromatic carbocycles. The van der Waals surface area contributed by atoms with Gasteiger partial charge in [0.05, 0.1) is 0 Å². The molecule has 0 amide bonds. The summed E-state index contributed by atoms with van der Waals surface area (Å²) < 4.78 is 36.4. The van der Waals surface area contributed by atoms with Gasteiger partial charge in [-0.15, -0.1) is 0 Å². The van der Waals surface area contributed by atoms with E-state index in [-0.39, 0.29) is 0 Å². The Balaban J connectivity index is 4.98. The Kier molecular flexibility index (Phi) is 2.84. The van der Waals surface area contributed by atoms with E-state index in [1.165, 1.54) is 20.8 Å². The van der Waals surface area contributed by atoms with Crippen molar-refractivity contribution < 1.29 is 23.1 Å². The van der Waals surface area contributed by atoms with Gasteiger partial charge < -0.3 is 5.11 Å². The van der Waals surface area contributed by atoms with Crippen molar-refractivity contribution in [3.63, 3.8) is 0 Å². The average Bonchev–Trinajstić information content (AvgIpc) is 1.81. The Morgan fingerprint density at radius 1 is 1.08 bits per heavy atom. The van der Waals surface area contributed by atoms with Gasteiger partial charge in [0.15, 0.2) is 5.78 Å². The van der Waals surface area contributed by atoms with Crippen LogP contribution in [0.4, 0.5) is 13.2 Å². The molecule has 0 aromatic heterocycles. The second kappa shape index (κ2) is 2.97. The highest BCUT2D eigenvalue weighted by atomic mass is 19.4. The maximum Gasteiger partial charge on any atom is 0.424 e. The Hall–Kier alpha value is -0.580. The molecule has 0 aliphatic heterocycles. The van der Waals surface area contributed by atoms with Crippen molar-refractivity contribution in [1.29, 1.82) is 0 Å². The maximum absolute atomic E-state index is 12.1. The number of hydrogen-bond acceptors (Lipinski definition) is 2. The zero-order chi connectivity index (χ0) is 11.1. The van der Waals surface area contributed by atoms with E-state index in [2.05, 4.69) is 0 Å². The third-order valence-electron chi connectivity index (χ3n) is 1.68. The largest absolute Gasteiger partial charge is 0.424 e. The van der Waals surface area contributed by atoms with Crippen molar-refractivity contribution >= 4 is 5.78 Å². The van der Waals surface area contributed by atoms with Gasteiger partial charge in [0, 0.05) is 5.41 Å². The van der Waals surface area contributed by atoms with E-state index in [1.807, 2.05) is 0 Å². The zero-order valence-corrected chi connectivity index (χ0v) is 7.99. The zero-order valence-electron chi connectivity index (χ0n) is 7.99. The van der Waals surface area contributed by atoms with Crippen molar-refractivity contribution in [3.8, 4) is 0 Å². The van der Waals surface area contributed by atoms with Gasteiger partial charge in [-0.05, 0) is 6.92 Å². The summed E-state index contributed by atoms with van der Waals surface area (Å²) in [6.07, 6.45) is -4.92. The number of carbonyl (C=O) groups excluding carboxylic acids is 1. The lowest BCUT2D eigenvalue weighted by Crippen LogP contribution is -2.53. The highest BCUT2D eigenvalue weighted by Crippen LogP contribution is 2.35. The van der Waals surface area contributed by atoms with Crippen LogP contribution in [0.5, 0.6) is 0 Å². The van der Waals surface area contributed by atoms with Gasteiger partial charge in [-0.25, -0.2) is 0 Å². The van der Waals surface area contributed by atoms with Crippen molar-refractivity contribution in [1.82, 2.24) is 0 Å². The third kappa shape index (κ3) is 2.43. The summed E-state index contributed by atoms with van der Waals surface area (Å²) in [5.41, 5.74) is -4.47. The van der Waals surface area contributed by atoms with Crippen LogP contribution in [0, 0.1) is 5.41 Å². The van der Waals surface area contributed by atoms with Crippen molar-refractivity contribution in [3.05, 3.63) is 0 Å². The van der Waals surface area contributed by atoms with Crippen LogP contribution in [0.25, 0.3) is 0 Å². The summed E-state index contributed by atoms with van der Waals surface area (Å²) in [4.78, 5) is 11.2. The molecule has 1 atom stereocenters. The summed E-state index contributed by atoms with van der Waals surface area (Å²) in [7, 11) is 0. The van der Waals surface area contributed by atoms with Gasteiger partial charge in [-0.3, -0.25) is 4.79 Å². The topological polar surface area (TPSA) is 37.3 Å². The van der Waals surface area contributed by atoms with E-state index in [1.54, 1.807) is 0 Å². The predicted molar refractivity (Wildman–Crippen MR) is 41.1 cm³/mol. The number of aliphatic hydroxyl groups is 1. The normalized spacial score (nSPS) is 18.2. The molecule has 1 unspecified atom stereocenters. The minimum absolute atomic E-state index is 0.473. The van der Waals surface area contributed by atoms with E-state index < -0.39 is 23.0 Å². The lowest BCUT2D eigenvalue weighted by atomic mass is 9.81. The maximum atomic E-state index is 12.1. The summed E-state index contributed by atoms with van der Waals surface area (Å²) in [5.74, 6) is -1.23. The van der Waals surface area contributed by atoms with E-state index in [0.29, 0.717) is 6.92 Å². The molecule has 0 aromatic rings. The summed E-state index contributed by atoms with van der Waals surface area (Å²) in [5, 5.41) is 8.98. The van der Waals surface area contributed by atoms with Crippen LogP contribution >= 0.6 is 0 Å². The van der Waals surface area contributed by atoms with E-state index >= 15 is 0 Å². The summed E-state index contributed by atoms with van der Waals surface area (Å²) >= 11 is 0. The molecule has 0 saturated heterocycles. The fourth-order valence-corrected chi connectivity index (χ4v) is 0.859. The molecule has 0 saturated carbocycles. The third-order valence-corrected chi connectivity index (χ3v) is 1.68. The van der Waals surface area contributed by atoms with Crippen LogP contribution in [-0.4, -0.2) is 22.7 Å². The highest BCUT2D eigenvalue weighted by molar-refractivity contribution is 5.91. The highest BCUT2D eigenvalue weighted by Gasteiger charge is 2.57. The molecule has 0 aliphatic carbocycles. The minimum Gasteiger partial charge on any atom is -0.374 e. The average molecular weight is 198 g/mol. The molecule has 5 heteroatoms. The van der Waals surface area contributed by atoms with Crippen LogP contribution in [0.3, 0.4) is 0 Å². The molecule has 0 radical (unpaired) electrons. The first kappa shape index (κ1) is 12.4. The second-order valence-electron chi connectivity index (χ2n) is 4.15. The van der Waals surface area contributed by atoms with Crippen molar-refractivity contribution in [2.45, 2.75) is 39.5 Å². The van der Waals surface area contributed by atoms with Crippen LogP contribution < -0.4 is 0 Å². The van der Waals surface area contributed by atoms with Gasteiger partial charge in [0.25, 0.3) is 0 Å². The predicted octanol–water partition coefficient (Wildman–Crippen LogP) is 1.91. The Morgan fingerprint density at radius 3 is 1.46 bits per heavy atom. The number of alkyl halides is 3. The number of carbonyl (C=O) groups is 1. The van der Waals surface area contributed by atoms with Gasteiger partial charge >= 0.3 is 6.18 Å². The number of ketones is 1. The van der Waals surface area contributed by atoms with Crippen LogP contribution in [0.1, 0.15) is 27.7 Å². The minimum atomic E-state index is -4.92. The Morgan fingerprint density at radius 2 is 1.38 bits per heavy atom. The quantitative estimate of drug-likeness (QED) is 0.698. The van der Waals surface area contributed by atoms with Gasteiger partial charge in [0.2, 0.25) is 5.60 Å². The van der Waals surface area contributed by atoms with Gasteiger partial charge in [-0.2, -0.15) is 13.2 Å². The SMILES string of the molecule is CC(C)(C)C(=O)C(C)(O)C(F)(F)F. The van der Waals surface area contributed by atoms with Crippen LogP contribution in [0.2, 0.25) is 0 Å². The lowest BCUT2D eigenvalue weighted by Gasteiger charge is -2.30. The van der Waals surface area contributed by atoms with Crippen LogP contribution in [-0.2, 0) is 4.79 Å². The van der Waals surface area contributed by atoms with E-state index in [9.17, 15) is 18.0 Å². The first-order chi connectivity index (χ1) is 5.40. The Bertz CT molecular complexity index is 210. The molecule has 0 bridgehead atoms. The molecular formula is C8H13F3O2. The standard InChI is InChI=1S/C8H13F3O2/c1-6(2,3)5(12)7(4,13)8(9,10)11/h13H,1-4H3. The monoisotopic (exact) mass is 198 g/mol. The number of Topliss-reactive ketones (excluding diaryl/α,β-unsaturated/α-hetero) is 1. The van der Waals surface area contributed by atoms with E-state index in [4.69, 9.17) is 5.11 Å². The van der Waals surface area contributed by atoms with Crippen molar-refractivity contribution in [2.75, 3.05) is 0 Å². The second-order valence-corrected chi connectivity index (χ2v) is 4.15. The van der Waals surface area contributed by atoms with Gasteiger partial charge in [-0.1, -0.05) is 20.8 Å². The van der Waals surface area contributed by atoms with Crippen LogP contribution in [0.15, 0.2) is 0 Å². The number of rotatable bonds is 1. The Labute approximate surface area is 74.7 Å². The lowest BCUT2D eigenvalue weighted by molar-refractivity contribution is -0.247. The molecule has 0 heterocycles. The molecule has 1 N–H and O–H groups in total. The van der Waals surface area contributed by atoms with Crippen molar-refractivity contribution in [2.24, 2.45) is 5.41 Å². The first-order valence-electron chi connectivity index (χ1n) is 3.74. The summed E-state index contributed by atoms with van der Waals surface area (Å²) in [6, 6.07) is 0. The fraction of sp³-hybridized carbons (Fsp3) is 0.875. The van der Waals surface area contributed by atoms with Gasteiger partial charge in [0.1, 0.15) is 0 Å². The molecule has 0 fully saturated rings. The molecular weight excluding hydrogens is 185 g/mol. The molecule has 0 aliphatic rings. The number of halogens is 3. The smallest absolute Gasteiger partial charge is 0.374 e. The molecule has 0 spiro atoms. The summed E-state index contributed by atoms with van der Waals surface area (Å²) in [6.45, 7) is 4.46. The van der Waals surface area contributed by atoms with E-state index in [0.717, 1.165) is 0 Å². The fourth-order valence-electron chi connectivity index (χ4n) is 0.859. The molecule has 2 nitrogen and oxygen atoms in total. The molecule has 78 valence electrons. The number of hydrogen-bond donors (Lipinski definition) is 1.